The zero-order valence-electron chi connectivity index (χ0n) is 15.7. The first-order valence-corrected chi connectivity index (χ1v) is 11.2. The lowest BCUT2D eigenvalue weighted by molar-refractivity contribution is 0.517. The lowest BCUT2D eigenvalue weighted by Crippen LogP contribution is -2.31. The van der Waals surface area contributed by atoms with Crippen molar-refractivity contribution < 1.29 is 13.2 Å². The van der Waals surface area contributed by atoms with Crippen molar-refractivity contribution in [3.8, 4) is 5.75 Å². The Bertz CT molecular complexity index is 1070. The van der Waals surface area contributed by atoms with E-state index in [4.69, 9.17) is 28.6 Å². The average Bonchev–Trinajstić information content (AvgIpc) is 2.70. The number of aryl methyl sites for hydroxylation is 1. The van der Waals surface area contributed by atoms with Gasteiger partial charge >= 0.3 is 0 Å². The molecule has 3 rings (SSSR count). The summed E-state index contributed by atoms with van der Waals surface area (Å²) < 4.78 is 34.2. The van der Waals surface area contributed by atoms with Gasteiger partial charge in [0.05, 0.1) is 10.9 Å². The lowest BCUT2D eigenvalue weighted by Gasteiger charge is -2.20. The number of thiocarbonyl (C=S) groups is 1. The standard InChI is InChI=1S/C22H20ClNO3S2/c1-16-7-13-20(14-8-16)29(25,26)24-21(17-5-3-2-4-6-17)15-22(28)27-19-11-9-18(23)10-12-19/h2-14,21,24H,15H2,1H3/t21-/m0/s1. The van der Waals surface area contributed by atoms with Gasteiger partial charge in [-0.1, -0.05) is 59.6 Å². The molecule has 0 saturated heterocycles. The van der Waals surface area contributed by atoms with E-state index in [-0.39, 0.29) is 16.4 Å². The summed E-state index contributed by atoms with van der Waals surface area (Å²) in [7, 11) is -3.73. The molecule has 3 aromatic rings. The first kappa shape index (κ1) is 21.5. The highest BCUT2D eigenvalue weighted by atomic mass is 35.5. The molecule has 0 spiro atoms. The van der Waals surface area contributed by atoms with Gasteiger partial charge in [-0.25, -0.2) is 13.1 Å². The second-order valence-corrected chi connectivity index (χ2v) is 9.14. The molecule has 0 bridgehead atoms. The van der Waals surface area contributed by atoms with E-state index in [1.165, 1.54) is 0 Å². The second kappa shape index (κ2) is 9.50. The zero-order chi connectivity index (χ0) is 20.9. The number of rotatable bonds is 7. The predicted octanol–water partition coefficient (Wildman–Crippen LogP) is 5.46. The number of halogens is 1. The maximum Gasteiger partial charge on any atom is 0.241 e. The first-order valence-electron chi connectivity index (χ1n) is 8.94. The summed E-state index contributed by atoms with van der Waals surface area (Å²) >= 11 is 11.3. The molecule has 0 aliphatic heterocycles. The van der Waals surface area contributed by atoms with E-state index in [1.807, 2.05) is 37.3 Å². The van der Waals surface area contributed by atoms with Crippen LogP contribution in [0.4, 0.5) is 0 Å². The zero-order valence-corrected chi connectivity index (χ0v) is 18.1. The Morgan fingerprint density at radius 2 is 1.62 bits per heavy atom. The number of nitrogens with one attached hydrogen (secondary N) is 1. The SMILES string of the molecule is Cc1ccc(S(=O)(=O)N[C@@H](CC(=S)Oc2ccc(Cl)cc2)c2ccccc2)cc1. The maximum absolute atomic E-state index is 12.9. The van der Waals surface area contributed by atoms with E-state index >= 15 is 0 Å². The maximum atomic E-state index is 12.9. The molecule has 29 heavy (non-hydrogen) atoms. The van der Waals surface area contributed by atoms with Crippen LogP contribution in [0, 0.1) is 6.92 Å². The third kappa shape index (κ3) is 6.11. The van der Waals surface area contributed by atoms with E-state index < -0.39 is 16.1 Å². The lowest BCUT2D eigenvalue weighted by atomic mass is 10.1. The summed E-state index contributed by atoms with van der Waals surface area (Å²) in [5.74, 6) is 0.549. The van der Waals surface area contributed by atoms with Crippen molar-refractivity contribution in [3.05, 3.63) is 95.0 Å². The Kier molecular flexibility index (Phi) is 7.03. The van der Waals surface area contributed by atoms with Crippen molar-refractivity contribution in [1.29, 1.82) is 0 Å². The molecule has 0 fully saturated rings. The highest BCUT2D eigenvalue weighted by Crippen LogP contribution is 2.23. The molecule has 0 aliphatic rings. The van der Waals surface area contributed by atoms with Gasteiger partial charge < -0.3 is 4.74 Å². The molecule has 0 heterocycles. The number of sulfonamides is 1. The van der Waals surface area contributed by atoms with Gasteiger partial charge in [-0.2, -0.15) is 0 Å². The average molecular weight is 446 g/mol. The second-order valence-electron chi connectivity index (χ2n) is 6.53. The van der Waals surface area contributed by atoms with Crippen LogP contribution in [0.25, 0.3) is 0 Å². The van der Waals surface area contributed by atoms with Crippen LogP contribution in [0.1, 0.15) is 23.6 Å². The monoisotopic (exact) mass is 445 g/mol. The topological polar surface area (TPSA) is 55.4 Å². The van der Waals surface area contributed by atoms with Gasteiger partial charge in [0.25, 0.3) is 0 Å². The van der Waals surface area contributed by atoms with Crippen LogP contribution in [0.2, 0.25) is 5.02 Å². The summed E-state index contributed by atoms with van der Waals surface area (Å²) in [5, 5.41) is 0.865. The molecule has 0 aliphatic carbocycles. The van der Waals surface area contributed by atoms with Gasteiger partial charge in [0.2, 0.25) is 10.0 Å². The van der Waals surface area contributed by atoms with E-state index in [2.05, 4.69) is 4.72 Å². The summed E-state index contributed by atoms with van der Waals surface area (Å²) in [6.45, 7) is 1.91. The normalized spacial score (nSPS) is 12.3. The van der Waals surface area contributed by atoms with Gasteiger partial charge in [-0.05, 0) is 61.1 Å². The molecule has 0 saturated carbocycles. The minimum absolute atomic E-state index is 0.201. The van der Waals surface area contributed by atoms with Crippen LogP contribution in [-0.4, -0.2) is 13.5 Å². The van der Waals surface area contributed by atoms with Crippen molar-refractivity contribution in [2.75, 3.05) is 0 Å². The van der Waals surface area contributed by atoms with E-state index in [0.29, 0.717) is 10.8 Å². The van der Waals surface area contributed by atoms with Crippen LogP contribution in [0.5, 0.6) is 5.75 Å². The highest BCUT2D eigenvalue weighted by molar-refractivity contribution is 7.89. The summed E-state index contributed by atoms with van der Waals surface area (Å²) in [5.41, 5.74) is 1.78. The van der Waals surface area contributed by atoms with Crippen LogP contribution in [0.3, 0.4) is 0 Å². The quantitative estimate of drug-likeness (QED) is 0.490. The minimum atomic E-state index is -3.73. The fraction of sp³-hybridized carbons (Fsp3) is 0.136. The minimum Gasteiger partial charge on any atom is -0.450 e. The van der Waals surface area contributed by atoms with Gasteiger partial charge in [0.1, 0.15) is 5.75 Å². The van der Waals surface area contributed by atoms with E-state index in [1.54, 1.807) is 48.5 Å². The summed E-state index contributed by atoms with van der Waals surface area (Å²) in [6, 6.07) is 22.2. The number of hydrogen-bond acceptors (Lipinski definition) is 4. The molecule has 0 radical (unpaired) electrons. The molecule has 0 amide bonds. The van der Waals surface area contributed by atoms with Crippen LogP contribution < -0.4 is 9.46 Å². The molecular weight excluding hydrogens is 426 g/mol. The van der Waals surface area contributed by atoms with Crippen LogP contribution in [0.15, 0.2) is 83.8 Å². The molecule has 3 aromatic carbocycles. The molecule has 150 valence electrons. The van der Waals surface area contributed by atoms with E-state index in [0.717, 1.165) is 11.1 Å². The van der Waals surface area contributed by atoms with E-state index in [9.17, 15) is 8.42 Å². The summed E-state index contributed by atoms with van der Waals surface area (Å²) in [6.07, 6.45) is 0.201. The Labute approximate surface area is 181 Å². The molecular formula is C22H20ClNO3S2. The van der Waals surface area contributed by atoms with Crippen molar-refractivity contribution in [1.82, 2.24) is 4.72 Å². The highest BCUT2D eigenvalue weighted by Gasteiger charge is 2.23. The van der Waals surface area contributed by atoms with Crippen molar-refractivity contribution in [2.24, 2.45) is 0 Å². The number of benzene rings is 3. The first-order chi connectivity index (χ1) is 13.8. The largest absolute Gasteiger partial charge is 0.450 e. The van der Waals surface area contributed by atoms with Gasteiger partial charge in [-0.15, -0.1) is 0 Å². The Morgan fingerprint density at radius 3 is 2.24 bits per heavy atom. The molecule has 1 atom stereocenters. The fourth-order valence-corrected chi connectivity index (χ4v) is 4.34. The molecule has 0 aromatic heterocycles. The third-order valence-electron chi connectivity index (χ3n) is 4.25. The summed E-state index contributed by atoms with van der Waals surface area (Å²) in [4.78, 5) is 0.202. The number of ether oxygens (including phenoxy) is 1. The van der Waals surface area contributed by atoms with Crippen LogP contribution >= 0.6 is 23.8 Å². The van der Waals surface area contributed by atoms with Crippen LogP contribution in [-0.2, 0) is 10.0 Å². The third-order valence-corrected chi connectivity index (χ3v) is 6.24. The van der Waals surface area contributed by atoms with Crippen molar-refractivity contribution >= 4 is 38.9 Å². The van der Waals surface area contributed by atoms with Gasteiger partial charge in [0, 0.05) is 11.4 Å². The molecule has 0 unspecified atom stereocenters. The number of hydrogen-bond donors (Lipinski definition) is 1. The molecule has 7 heteroatoms. The molecule has 1 N–H and O–H groups in total. The Morgan fingerprint density at radius 1 is 1.00 bits per heavy atom. The van der Waals surface area contributed by atoms with Crippen molar-refractivity contribution in [3.63, 3.8) is 0 Å². The Balaban J connectivity index is 1.80. The Hall–Kier alpha value is -2.25. The van der Waals surface area contributed by atoms with Gasteiger partial charge in [0.15, 0.2) is 5.05 Å². The predicted molar refractivity (Wildman–Crippen MR) is 120 cm³/mol. The van der Waals surface area contributed by atoms with Gasteiger partial charge in [-0.3, -0.25) is 0 Å². The molecule has 4 nitrogen and oxygen atoms in total. The smallest absolute Gasteiger partial charge is 0.241 e. The fourth-order valence-electron chi connectivity index (χ4n) is 2.73. The van der Waals surface area contributed by atoms with Crippen molar-refractivity contribution in [2.45, 2.75) is 24.3 Å².